The Morgan fingerprint density at radius 2 is 1.17 bits per heavy atom. The van der Waals surface area contributed by atoms with E-state index < -0.39 is 11.8 Å². The molecule has 0 aliphatic heterocycles. The van der Waals surface area contributed by atoms with Crippen LogP contribution in [-0.2, 0) is 0 Å². The van der Waals surface area contributed by atoms with Crippen LogP contribution in [0, 0.1) is 0 Å². The van der Waals surface area contributed by atoms with E-state index in [2.05, 4.69) is 0 Å². The van der Waals surface area contributed by atoms with E-state index in [9.17, 15) is 9.59 Å². The van der Waals surface area contributed by atoms with Gasteiger partial charge in [0.1, 0.15) is 11.5 Å². The number of nitrogens with one attached hydrogen (secondary N) is 2. The van der Waals surface area contributed by atoms with Crippen molar-refractivity contribution in [2.45, 2.75) is 0 Å². The van der Waals surface area contributed by atoms with Gasteiger partial charge in [0.25, 0.3) is 11.8 Å². The molecule has 2 rings (SSSR count). The van der Waals surface area contributed by atoms with Crippen LogP contribution in [0.15, 0.2) is 48.5 Å². The molecule has 0 bridgehead atoms. The van der Waals surface area contributed by atoms with Crippen molar-refractivity contribution in [3.8, 4) is 11.5 Å². The van der Waals surface area contributed by atoms with Crippen molar-refractivity contribution in [3.63, 3.8) is 0 Å². The van der Waals surface area contributed by atoms with Crippen LogP contribution < -0.4 is 32.0 Å². The average molecular weight is 316 g/mol. The minimum Gasteiger partial charge on any atom is -0.457 e. The van der Waals surface area contributed by atoms with E-state index in [4.69, 9.17) is 21.2 Å². The van der Waals surface area contributed by atoms with E-state index in [1.165, 1.54) is 0 Å². The normalized spacial score (nSPS) is 9.83. The molecule has 8 heteroatoms. The molecule has 0 radical (unpaired) electrons. The molecule has 2 aromatic carbocycles. The van der Waals surface area contributed by atoms with E-state index in [1.54, 1.807) is 48.5 Å². The van der Waals surface area contributed by atoms with Crippen LogP contribution in [-0.4, -0.2) is 18.6 Å². The molecule has 0 saturated heterocycles. The lowest BCUT2D eigenvalue weighted by molar-refractivity contribution is 0.0921. The zero-order valence-electron chi connectivity index (χ0n) is 12.1. The van der Waals surface area contributed by atoms with Crippen molar-refractivity contribution < 1.29 is 19.1 Å². The van der Waals surface area contributed by atoms with Gasteiger partial charge in [-0.1, -0.05) is 24.3 Å². The average Bonchev–Trinajstić information content (AvgIpc) is 2.61. The van der Waals surface area contributed by atoms with E-state index in [0.29, 0.717) is 11.5 Å². The molecule has 0 unspecified atom stereocenters. The molecule has 0 spiro atoms. The summed E-state index contributed by atoms with van der Waals surface area (Å²) in [6, 6.07) is 13.1. The van der Waals surface area contributed by atoms with Crippen molar-refractivity contribution in [1.82, 2.24) is 10.9 Å². The lowest BCUT2D eigenvalue weighted by Crippen LogP contribution is -2.31. The number of ether oxygens (including phenoxy) is 2. The molecule has 23 heavy (non-hydrogen) atoms. The first-order valence-corrected chi connectivity index (χ1v) is 6.63. The fourth-order valence-electron chi connectivity index (χ4n) is 1.87. The predicted molar refractivity (Wildman–Crippen MR) is 82.3 cm³/mol. The van der Waals surface area contributed by atoms with Gasteiger partial charge in [0.2, 0.25) is 6.79 Å². The SMILES string of the molecule is NNC(=O)c1ccccc1OCOc1ccccc1C(=O)NN. The van der Waals surface area contributed by atoms with Crippen LogP contribution in [0.5, 0.6) is 11.5 Å². The van der Waals surface area contributed by atoms with Crippen LogP contribution in [0.3, 0.4) is 0 Å². The molecule has 2 aromatic rings. The number of carbonyl (C=O) groups excluding carboxylic acids is 2. The van der Waals surface area contributed by atoms with Gasteiger partial charge in [0, 0.05) is 0 Å². The molecule has 120 valence electrons. The molecule has 8 nitrogen and oxygen atoms in total. The first-order chi connectivity index (χ1) is 11.2. The number of rotatable bonds is 6. The summed E-state index contributed by atoms with van der Waals surface area (Å²) in [7, 11) is 0. The Labute approximate surface area is 132 Å². The highest BCUT2D eigenvalue weighted by molar-refractivity contribution is 5.97. The fourth-order valence-corrected chi connectivity index (χ4v) is 1.87. The Morgan fingerprint density at radius 3 is 1.57 bits per heavy atom. The third kappa shape index (κ3) is 3.96. The second kappa shape index (κ2) is 7.78. The highest BCUT2D eigenvalue weighted by atomic mass is 16.7. The molecule has 0 fully saturated rings. The van der Waals surface area contributed by atoms with Gasteiger partial charge in [0.05, 0.1) is 11.1 Å². The molecular weight excluding hydrogens is 300 g/mol. The van der Waals surface area contributed by atoms with Gasteiger partial charge in [-0.25, -0.2) is 11.7 Å². The van der Waals surface area contributed by atoms with Crippen molar-refractivity contribution in [1.29, 1.82) is 0 Å². The Bertz CT molecular complexity index is 646. The number of nitrogen functional groups attached to an aromatic ring is 2. The fraction of sp³-hybridized carbons (Fsp3) is 0.0667. The summed E-state index contributed by atoms with van der Waals surface area (Å²) in [4.78, 5) is 23.3. The number of para-hydroxylation sites is 2. The van der Waals surface area contributed by atoms with Crippen molar-refractivity contribution >= 4 is 11.8 Å². The van der Waals surface area contributed by atoms with Crippen molar-refractivity contribution in [3.05, 3.63) is 59.7 Å². The van der Waals surface area contributed by atoms with E-state index in [0.717, 1.165) is 0 Å². The Kier molecular flexibility index (Phi) is 5.50. The molecule has 0 heterocycles. The van der Waals surface area contributed by atoms with Gasteiger partial charge < -0.3 is 9.47 Å². The molecular formula is C15H16N4O4. The Morgan fingerprint density at radius 1 is 0.783 bits per heavy atom. The number of amides is 2. The van der Waals surface area contributed by atoms with Crippen LogP contribution in [0.25, 0.3) is 0 Å². The first-order valence-electron chi connectivity index (χ1n) is 6.63. The zero-order valence-corrected chi connectivity index (χ0v) is 12.1. The molecule has 0 saturated carbocycles. The summed E-state index contributed by atoms with van der Waals surface area (Å²) in [6.07, 6.45) is 0. The molecule has 0 aliphatic carbocycles. The summed E-state index contributed by atoms with van der Waals surface area (Å²) in [5.74, 6) is 9.88. The van der Waals surface area contributed by atoms with Crippen molar-refractivity contribution in [2.24, 2.45) is 11.7 Å². The lowest BCUT2D eigenvalue weighted by atomic mass is 10.2. The molecule has 0 aliphatic rings. The standard InChI is InChI=1S/C15H16N4O4/c16-18-14(20)10-5-1-3-7-12(10)22-9-23-13-8-4-2-6-11(13)15(21)19-17/h1-8H,9,16-17H2,(H,18,20)(H,19,21). The highest BCUT2D eigenvalue weighted by Gasteiger charge is 2.13. The highest BCUT2D eigenvalue weighted by Crippen LogP contribution is 2.20. The van der Waals surface area contributed by atoms with Crippen LogP contribution in [0.2, 0.25) is 0 Å². The maximum Gasteiger partial charge on any atom is 0.268 e. The minimum absolute atomic E-state index is 0.205. The van der Waals surface area contributed by atoms with Crippen molar-refractivity contribution in [2.75, 3.05) is 6.79 Å². The second-order valence-corrected chi connectivity index (χ2v) is 4.35. The maximum absolute atomic E-state index is 11.6. The van der Waals surface area contributed by atoms with Gasteiger partial charge in [-0.15, -0.1) is 0 Å². The molecule has 2 amide bonds. The number of hydrazine groups is 2. The summed E-state index contributed by atoms with van der Waals surface area (Å²) in [5.41, 5.74) is 4.61. The topological polar surface area (TPSA) is 129 Å². The zero-order chi connectivity index (χ0) is 16.7. The van der Waals surface area contributed by atoms with E-state index >= 15 is 0 Å². The number of benzene rings is 2. The number of carbonyl (C=O) groups is 2. The summed E-state index contributed by atoms with van der Waals surface area (Å²) in [5, 5.41) is 0. The van der Waals surface area contributed by atoms with Gasteiger partial charge in [0.15, 0.2) is 0 Å². The summed E-state index contributed by atoms with van der Waals surface area (Å²) in [6.45, 7) is -0.205. The van der Waals surface area contributed by atoms with Gasteiger partial charge in [-0.2, -0.15) is 0 Å². The van der Waals surface area contributed by atoms with Crippen LogP contribution in [0.4, 0.5) is 0 Å². The number of hydrogen-bond donors (Lipinski definition) is 4. The van der Waals surface area contributed by atoms with E-state index in [-0.39, 0.29) is 17.9 Å². The minimum atomic E-state index is -0.483. The lowest BCUT2D eigenvalue weighted by Gasteiger charge is -2.13. The quantitative estimate of drug-likeness (QED) is 0.263. The largest absolute Gasteiger partial charge is 0.457 e. The maximum atomic E-state index is 11.6. The van der Waals surface area contributed by atoms with Crippen LogP contribution in [0.1, 0.15) is 20.7 Å². The third-order valence-corrected chi connectivity index (χ3v) is 2.95. The third-order valence-electron chi connectivity index (χ3n) is 2.95. The predicted octanol–water partition coefficient (Wildman–Crippen LogP) is 0.309. The Balaban J connectivity index is 2.07. The van der Waals surface area contributed by atoms with Gasteiger partial charge in [-0.3, -0.25) is 20.4 Å². The van der Waals surface area contributed by atoms with Crippen LogP contribution >= 0.6 is 0 Å². The Hall–Kier alpha value is -3.10. The molecule has 0 atom stereocenters. The first kappa shape index (κ1) is 16.3. The summed E-state index contributed by atoms with van der Waals surface area (Å²) < 4.78 is 10.9. The monoisotopic (exact) mass is 316 g/mol. The smallest absolute Gasteiger partial charge is 0.268 e. The van der Waals surface area contributed by atoms with E-state index in [1.807, 2.05) is 10.9 Å². The molecule has 6 N–H and O–H groups in total. The number of nitrogens with two attached hydrogens (primary N) is 2. The molecule has 0 aromatic heterocycles. The number of hydrogen-bond acceptors (Lipinski definition) is 6. The summed E-state index contributed by atoms with van der Waals surface area (Å²) >= 11 is 0. The second-order valence-electron chi connectivity index (χ2n) is 4.35. The van der Waals surface area contributed by atoms with Gasteiger partial charge in [-0.05, 0) is 24.3 Å². The van der Waals surface area contributed by atoms with Gasteiger partial charge >= 0.3 is 0 Å².